The van der Waals surface area contributed by atoms with Crippen LogP contribution in [0.5, 0.6) is 5.75 Å². The Kier molecular flexibility index (Phi) is 3.75. The molecule has 13 heavy (non-hydrogen) atoms. The van der Waals surface area contributed by atoms with Gasteiger partial charge in [0.2, 0.25) is 0 Å². The van der Waals surface area contributed by atoms with Gasteiger partial charge in [0.05, 0.1) is 12.0 Å². The summed E-state index contributed by atoms with van der Waals surface area (Å²) in [5.74, 6) is 1.44. The van der Waals surface area contributed by atoms with Gasteiger partial charge in [-0.25, -0.2) is 0 Å². The van der Waals surface area contributed by atoms with Gasteiger partial charge in [-0.15, -0.1) is 11.3 Å². The first kappa shape index (κ1) is 10.5. The zero-order valence-corrected chi connectivity index (χ0v) is 9.23. The van der Waals surface area contributed by atoms with Gasteiger partial charge in [0.25, 0.3) is 0 Å². The Balaban J connectivity index is 2.81. The summed E-state index contributed by atoms with van der Waals surface area (Å²) in [6.07, 6.45) is 1.10. The number of rotatable bonds is 4. The molecule has 1 aromatic rings. The van der Waals surface area contributed by atoms with Crippen molar-refractivity contribution >= 4 is 11.3 Å². The van der Waals surface area contributed by atoms with Crippen LogP contribution in [0, 0.1) is 5.92 Å². The van der Waals surface area contributed by atoms with Gasteiger partial charge in [-0.2, -0.15) is 0 Å². The van der Waals surface area contributed by atoms with Crippen LogP contribution in [0.4, 0.5) is 0 Å². The van der Waals surface area contributed by atoms with Crippen LogP contribution in [0.15, 0.2) is 11.4 Å². The molecule has 0 amide bonds. The van der Waals surface area contributed by atoms with Gasteiger partial charge in [-0.05, 0) is 17.4 Å². The summed E-state index contributed by atoms with van der Waals surface area (Å²) in [5.41, 5.74) is 6.10. The van der Waals surface area contributed by atoms with Crippen LogP contribution >= 0.6 is 11.3 Å². The predicted octanol–water partition coefficient (Wildman–Crippen LogP) is 2.80. The summed E-state index contributed by atoms with van der Waals surface area (Å²) >= 11 is 1.68. The van der Waals surface area contributed by atoms with Crippen LogP contribution in [0.2, 0.25) is 0 Å². The van der Waals surface area contributed by atoms with Crippen molar-refractivity contribution in [2.75, 3.05) is 7.11 Å². The molecule has 2 unspecified atom stereocenters. The average molecular weight is 199 g/mol. The Hall–Kier alpha value is -0.540. The standard InChI is InChI=1S/C10H17NOS/c1-4-7(2)9(11)10-8(12-3)5-6-13-10/h5-7,9H,4,11H2,1-3H3. The van der Waals surface area contributed by atoms with Crippen molar-refractivity contribution in [1.29, 1.82) is 0 Å². The molecule has 1 heterocycles. The molecule has 1 rings (SSSR count). The summed E-state index contributed by atoms with van der Waals surface area (Å²) in [4.78, 5) is 1.16. The smallest absolute Gasteiger partial charge is 0.134 e. The molecule has 0 aliphatic carbocycles. The van der Waals surface area contributed by atoms with Crippen molar-refractivity contribution in [2.24, 2.45) is 11.7 Å². The maximum atomic E-state index is 6.10. The van der Waals surface area contributed by atoms with E-state index in [1.54, 1.807) is 18.4 Å². The Morgan fingerprint density at radius 2 is 2.31 bits per heavy atom. The van der Waals surface area contributed by atoms with Crippen LogP contribution in [-0.2, 0) is 0 Å². The minimum absolute atomic E-state index is 0.111. The van der Waals surface area contributed by atoms with E-state index < -0.39 is 0 Å². The summed E-state index contributed by atoms with van der Waals surface area (Å²) in [5, 5.41) is 2.02. The molecular weight excluding hydrogens is 182 g/mol. The molecule has 3 heteroatoms. The molecule has 0 bridgehead atoms. The number of hydrogen-bond donors (Lipinski definition) is 1. The fourth-order valence-corrected chi connectivity index (χ4v) is 2.23. The van der Waals surface area contributed by atoms with Crippen molar-refractivity contribution in [3.8, 4) is 5.75 Å². The van der Waals surface area contributed by atoms with E-state index in [0.29, 0.717) is 5.92 Å². The molecule has 74 valence electrons. The van der Waals surface area contributed by atoms with E-state index in [1.165, 1.54) is 0 Å². The Morgan fingerprint density at radius 3 is 2.85 bits per heavy atom. The molecule has 0 aromatic carbocycles. The predicted molar refractivity (Wildman–Crippen MR) is 57.3 cm³/mol. The van der Waals surface area contributed by atoms with Gasteiger partial charge in [-0.1, -0.05) is 20.3 Å². The van der Waals surface area contributed by atoms with Crippen molar-refractivity contribution in [2.45, 2.75) is 26.3 Å². The van der Waals surface area contributed by atoms with Crippen LogP contribution in [0.3, 0.4) is 0 Å². The van der Waals surface area contributed by atoms with Crippen molar-refractivity contribution < 1.29 is 4.74 Å². The number of ether oxygens (including phenoxy) is 1. The van der Waals surface area contributed by atoms with Gasteiger partial charge < -0.3 is 10.5 Å². The van der Waals surface area contributed by atoms with Gasteiger partial charge in [0.1, 0.15) is 5.75 Å². The lowest BCUT2D eigenvalue weighted by Crippen LogP contribution is -2.17. The molecule has 2 N–H and O–H groups in total. The highest BCUT2D eigenvalue weighted by molar-refractivity contribution is 7.10. The molecular formula is C10H17NOS. The lowest BCUT2D eigenvalue weighted by molar-refractivity contribution is 0.393. The zero-order chi connectivity index (χ0) is 9.84. The van der Waals surface area contributed by atoms with E-state index in [1.807, 2.05) is 11.4 Å². The third-order valence-corrected chi connectivity index (χ3v) is 3.44. The fraction of sp³-hybridized carbons (Fsp3) is 0.600. The van der Waals surface area contributed by atoms with Crippen LogP contribution in [0.25, 0.3) is 0 Å². The Labute approximate surface area is 83.7 Å². The Morgan fingerprint density at radius 1 is 1.62 bits per heavy atom. The zero-order valence-electron chi connectivity index (χ0n) is 8.41. The SMILES string of the molecule is CCC(C)C(N)c1sccc1OC. The van der Waals surface area contributed by atoms with Crippen molar-refractivity contribution in [1.82, 2.24) is 0 Å². The highest BCUT2D eigenvalue weighted by Crippen LogP contribution is 2.34. The third kappa shape index (κ3) is 2.23. The molecule has 2 nitrogen and oxygen atoms in total. The molecule has 0 radical (unpaired) electrons. The first-order valence-electron chi connectivity index (χ1n) is 4.57. The van der Waals surface area contributed by atoms with Crippen molar-refractivity contribution in [3.05, 3.63) is 16.3 Å². The highest BCUT2D eigenvalue weighted by atomic mass is 32.1. The second-order valence-corrected chi connectivity index (χ2v) is 4.21. The third-order valence-electron chi connectivity index (χ3n) is 2.44. The van der Waals surface area contributed by atoms with Gasteiger partial charge in [-0.3, -0.25) is 0 Å². The summed E-state index contributed by atoms with van der Waals surface area (Å²) in [6.45, 7) is 4.33. The number of thiophene rings is 1. The first-order chi connectivity index (χ1) is 6.20. The maximum Gasteiger partial charge on any atom is 0.134 e. The minimum atomic E-state index is 0.111. The molecule has 0 fully saturated rings. The van der Waals surface area contributed by atoms with Gasteiger partial charge in [0, 0.05) is 6.04 Å². The summed E-state index contributed by atoms with van der Waals surface area (Å²) in [7, 11) is 1.69. The van der Waals surface area contributed by atoms with E-state index >= 15 is 0 Å². The summed E-state index contributed by atoms with van der Waals surface area (Å²) in [6, 6.07) is 2.09. The quantitative estimate of drug-likeness (QED) is 0.809. The highest BCUT2D eigenvalue weighted by Gasteiger charge is 2.18. The largest absolute Gasteiger partial charge is 0.496 e. The van der Waals surface area contributed by atoms with Gasteiger partial charge >= 0.3 is 0 Å². The molecule has 1 aromatic heterocycles. The van der Waals surface area contributed by atoms with Crippen LogP contribution in [0.1, 0.15) is 31.2 Å². The van der Waals surface area contributed by atoms with Crippen molar-refractivity contribution in [3.63, 3.8) is 0 Å². The maximum absolute atomic E-state index is 6.10. The lowest BCUT2D eigenvalue weighted by Gasteiger charge is -2.17. The van der Waals surface area contributed by atoms with Crippen LogP contribution < -0.4 is 10.5 Å². The molecule has 0 aliphatic rings. The van der Waals surface area contributed by atoms with Crippen LogP contribution in [-0.4, -0.2) is 7.11 Å². The molecule has 0 aliphatic heterocycles. The Bertz CT molecular complexity index is 259. The molecule has 0 spiro atoms. The monoisotopic (exact) mass is 199 g/mol. The van der Waals surface area contributed by atoms with E-state index in [4.69, 9.17) is 10.5 Å². The molecule has 2 atom stereocenters. The topological polar surface area (TPSA) is 35.2 Å². The number of methoxy groups -OCH3 is 1. The van der Waals surface area contributed by atoms with E-state index in [9.17, 15) is 0 Å². The minimum Gasteiger partial charge on any atom is -0.496 e. The fourth-order valence-electron chi connectivity index (χ4n) is 1.23. The lowest BCUT2D eigenvalue weighted by atomic mass is 9.98. The first-order valence-corrected chi connectivity index (χ1v) is 5.45. The average Bonchev–Trinajstić information content (AvgIpc) is 2.62. The summed E-state index contributed by atoms with van der Waals surface area (Å²) < 4.78 is 5.23. The normalized spacial score (nSPS) is 15.4. The number of nitrogens with two attached hydrogens (primary N) is 1. The second kappa shape index (κ2) is 4.63. The van der Waals surface area contributed by atoms with E-state index in [-0.39, 0.29) is 6.04 Å². The molecule has 0 saturated carbocycles. The second-order valence-electron chi connectivity index (χ2n) is 3.26. The van der Waals surface area contributed by atoms with E-state index in [0.717, 1.165) is 17.0 Å². The molecule has 0 saturated heterocycles. The number of hydrogen-bond acceptors (Lipinski definition) is 3. The van der Waals surface area contributed by atoms with Gasteiger partial charge in [0.15, 0.2) is 0 Å². The van der Waals surface area contributed by atoms with E-state index in [2.05, 4.69) is 13.8 Å².